The monoisotopic (exact) mass is 387 g/mol. The van der Waals surface area contributed by atoms with Gasteiger partial charge in [0, 0.05) is 38.1 Å². The predicted octanol–water partition coefficient (Wildman–Crippen LogP) is 4.46. The van der Waals surface area contributed by atoms with E-state index in [2.05, 4.69) is 20.6 Å². The van der Waals surface area contributed by atoms with E-state index in [0.29, 0.717) is 6.54 Å². The Morgan fingerprint density at radius 1 is 0.893 bits per heavy atom. The van der Waals surface area contributed by atoms with Crippen LogP contribution < -0.4 is 9.64 Å². The summed E-state index contributed by atoms with van der Waals surface area (Å²) in [6.07, 6.45) is -4.67. The van der Waals surface area contributed by atoms with Gasteiger partial charge >= 0.3 is 6.36 Å². The van der Waals surface area contributed by atoms with Crippen molar-refractivity contribution in [3.05, 3.63) is 66.2 Å². The first-order valence-corrected chi connectivity index (χ1v) is 9.14. The second kappa shape index (κ2) is 7.67. The maximum Gasteiger partial charge on any atom is 0.573 e. The predicted molar refractivity (Wildman–Crippen MR) is 102 cm³/mol. The molecule has 0 N–H and O–H groups in total. The van der Waals surface area contributed by atoms with Gasteiger partial charge in [0.05, 0.1) is 5.52 Å². The maximum absolute atomic E-state index is 12.4. The second-order valence-electron chi connectivity index (χ2n) is 6.82. The Morgan fingerprint density at radius 2 is 1.68 bits per heavy atom. The fourth-order valence-corrected chi connectivity index (χ4v) is 3.47. The summed E-state index contributed by atoms with van der Waals surface area (Å²) in [5, 5.41) is 1.12. The smallest absolute Gasteiger partial charge is 0.406 e. The van der Waals surface area contributed by atoms with Crippen LogP contribution >= 0.6 is 0 Å². The van der Waals surface area contributed by atoms with Crippen LogP contribution in [-0.2, 0) is 6.54 Å². The molecule has 0 unspecified atom stereocenters. The highest BCUT2D eigenvalue weighted by atomic mass is 19.4. The van der Waals surface area contributed by atoms with Crippen LogP contribution in [0.25, 0.3) is 10.9 Å². The van der Waals surface area contributed by atoms with Crippen LogP contribution in [0, 0.1) is 0 Å². The Bertz CT molecular complexity index is 953. The van der Waals surface area contributed by atoms with E-state index >= 15 is 0 Å². The molecule has 1 aromatic heterocycles. The van der Waals surface area contributed by atoms with Crippen LogP contribution in [-0.4, -0.2) is 42.4 Å². The van der Waals surface area contributed by atoms with Crippen molar-refractivity contribution in [2.75, 3.05) is 31.1 Å². The Kier molecular flexibility index (Phi) is 5.09. The standard InChI is InChI=1S/C21H20F3N3O/c22-21(23,24)28-18-6-3-4-16(14-18)15-26-10-12-27(13-11-26)20-9-8-17-5-1-2-7-19(17)25-20/h1-9,14H,10-13,15H2. The fourth-order valence-electron chi connectivity index (χ4n) is 3.47. The number of rotatable bonds is 4. The largest absolute Gasteiger partial charge is 0.573 e. The average molecular weight is 387 g/mol. The van der Waals surface area contributed by atoms with E-state index in [1.165, 1.54) is 12.1 Å². The van der Waals surface area contributed by atoms with Gasteiger partial charge in [-0.2, -0.15) is 0 Å². The molecule has 1 aliphatic rings. The van der Waals surface area contributed by atoms with Crippen molar-refractivity contribution < 1.29 is 17.9 Å². The number of hydrogen-bond acceptors (Lipinski definition) is 4. The molecule has 0 saturated carbocycles. The zero-order valence-electron chi connectivity index (χ0n) is 15.2. The molecule has 0 bridgehead atoms. The van der Waals surface area contributed by atoms with Crippen molar-refractivity contribution in [3.8, 4) is 5.75 Å². The lowest BCUT2D eigenvalue weighted by Gasteiger charge is -2.35. The zero-order valence-corrected chi connectivity index (χ0v) is 15.2. The molecular formula is C21H20F3N3O. The topological polar surface area (TPSA) is 28.6 Å². The average Bonchev–Trinajstić information content (AvgIpc) is 2.67. The van der Waals surface area contributed by atoms with Crippen molar-refractivity contribution in [2.45, 2.75) is 12.9 Å². The molecule has 28 heavy (non-hydrogen) atoms. The first-order chi connectivity index (χ1) is 13.5. The van der Waals surface area contributed by atoms with Gasteiger partial charge in [-0.25, -0.2) is 4.98 Å². The highest BCUT2D eigenvalue weighted by Gasteiger charge is 2.31. The van der Waals surface area contributed by atoms with Gasteiger partial charge in [0.2, 0.25) is 0 Å². The summed E-state index contributed by atoms with van der Waals surface area (Å²) in [5.41, 5.74) is 1.78. The van der Waals surface area contributed by atoms with E-state index in [1.54, 1.807) is 6.07 Å². The van der Waals surface area contributed by atoms with Gasteiger partial charge in [0.25, 0.3) is 0 Å². The number of anilines is 1. The molecule has 4 rings (SSSR count). The number of halogens is 3. The van der Waals surface area contributed by atoms with Crippen molar-refractivity contribution in [1.82, 2.24) is 9.88 Å². The molecule has 2 heterocycles. The molecular weight excluding hydrogens is 367 g/mol. The summed E-state index contributed by atoms with van der Waals surface area (Å²) in [7, 11) is 0. The van der Waals surface area contributed by atoms with E-state index in [9.17, 15) is 13.2 Å². The molecule has 146 valence electrons. The second-order valence-corrected chi connectivity index (χ2v) is 6.82. The number of pyridine rings is 1. The van der Waals surface area contributed by atoms with Crippen molar-refractivity contribution in [2.24, 2.45) is 0 Å². The van der Waals surface area contributed by atoms with Gasteiger partial charge < -0.3 is 9.64 Å². The van der Waals surface area contributed by atoms with Crippen LogP contribution in [0.4, 0.5) is 19.0 Å². The third-order valence-corrected chi connectivity index (χ3v) is 4.82. The van der Waals surface area contributed by atoms with Gasteiger partial charge in [-0.3, -0.25) is 4.90 Å². The lowest BCUT2D eigenvalue weighted by Crippen LogP contribution is -2.46. The molecule has 0 aliphatic carbocycles. The normalized spacial score (nSPS) is 15.8. The lowest BCUT2D eigenvalue weighted by molar-refractivity contribution is -0.274. The van der Waals surface area contributed by atoms with Crippen LogP contribution in [0.5, 0.6) is 5.75 Å². The minimum absolute atomic E-state index is 0.177. The Balaban J connectivity index is 1.37. The molecule has 0 radical (unpaired) electrons. The van der Waals surface area contributed by atoms with Crippen LogP contribution in [0.15, 0.2) is 60.7 Å². The summed E-state index contributed by atoms with van der Waals surface area (Å²) in [4.78, 5) is 9.21. The Hall–Kier alpha value is -2.80. The van der Waals surface area contributed by atoms with Gasteiger partial charge in [0.15, 0.2) is 0 Å². The maximum atomic E-state index is 12.4. The summed E-state index contributed by atoms with van der Waals surface area (Å²) >= 11 is 0. The summed E-state index contributed by atoms with van der Waals surface area (Å²) in [5.74, 6) is 0.780. The van der Waals surface area contributed by atoms with Crippen molar-refractivity contribution in [1.29, 1.82) is 0 Å². The SMILES string of the molecule is FC(F)(F)Oc1cccc(CN2CCN(c3ccc4ccccc4n3)CC2)c1. The molecule has 4 nitrogen and oxygen atoms in total. The van der Waals surface area contributed by atoms with Crippen LogP contribution in [0.3, 0.4) is 0 Å². The van der Waals surface area contributed by atoms with Crippen molar-refractivity contribution >= 4 is 16.7 Å². The first-order valence-electron chi connectivity index (χ1n) is 9.14. The van der Waals surface area contributed by atoms with E-state index in [4.69, 9.17) is 4.98 Å². The van der Waals surface area contributed by atoms with E-state index in [0.717, 1.165) is 48.5 Å². The first kappa shape index (κ1) is 18.6. The molecule has 0 amide bonds. The zero-order chi connectivity index (χ0) is 19.6. The number of hydrogen-bond donors (Lipinski definition) is 0. The third kappa shape index (κ3) is 4.54. The number of piperazine rings is 1. The van der Waals surface area contributed by atoms with Crippen LogP contribution in [0.1, 0.15) is 5.56 Å². The molecule has 1 saturated heterocycles. The summed E-state index contributed by atoms with van der Waals surface area (Å²) in [6, 6.07) is 18.3. The number of benzene rings is 2. The molecule has 2 aromatic carbocycles. The van der Waals surface area contributed by atoms with Gasteiger partial charge in [-0.05, 0) is 35.9 Å². The Labute approximate surface area is 161 Å². The summed E-state index contributed by atoms with van der Waals surface area (Å²) < 4.78 is 41.2. The van der Waals surface area contributed by atoms with Gasteiger partial charge in [-0.15, -0.1) is 13.2 Å². The fraction of sp³-hybridized carbons (Fsp3) is 0.286. The number of fused-ring (bicyclic) bond motifs is 1. The molecule has 0 atom stereocenters. The highest BCUT2D eigenvalue weighted by molar-refractivity contribution is 5.80. The number of nitrogens with zero attached hydrogens (tertiary/aromatic N) is 3. The number of alkyl halides is 3. The van der Waals surface area contributed by atoms with Gasteiger partial charge in [-0.1, -0.05) is 30.3 Å². The number of ether oxygens (including phenoxy) is 1. The quantitative estimate of drug-likeness (QED) is 0.661. The lowest BCUT2D eigenvalue weighted by atomic mass is 10.2. The van der Waals surface area contributed by atoms with Crippen LogP contribution in [0.2, 0.25) is 0 Å². The van der Waals surface area contributed by atoms with E-state index in [-0.39, 0.29) is 5.75 Å². The number of aromatic nitrogens is 1. The van der Waals surface area contributed by atoms with E-state index in [1.807, 2.05) is 36.4 Å². The molecule has 7 heteroatoms. The van der Waals surface area contributed by atoms with E-state index < -0.39 is 6.36 Å². The van der Waals surface area contributed by atoms with Crippen molar-refractivity contribution in [3.63, 3.8) is 0 Å². The highest BCUT2D eigenvalue weighted by Crippen LogP contribution is 2.24. The third-order valence-electron chi connectivity index (χ3n) is 4.82. The van der Waals surface area contributed by atoms with Gasteiger partial charge in [0.1, 0.15) is 11.6 Å². The summed E-state index contributed by atoms with van der Waals surface area (Å²) in [6.45, 7) is 3.87. The minimum atomic E-state index is -4.67. The molecule has 3 aromatic rings. The molecule has 0 spiro atoms. The molecule has 1 fully saturated rings. The molecule has 1 aliphatic heterocycles. The Morgan fingerprint density at radius 3 is 2.46 bits per heavy atom. The minimum Gasteiger partial charge on any atom is -0.406 e. The number of para-hydroxylation sites is 1.